The third kappa shape index (κ3) is 4.47. The Bertz CT molecular complexity index is 622. The van der Waals surface area contributed by atoms with E-state index in [0.717, 1.165) is 6.07 Å². The Labute approximate surface area is 134 Å². The molecule has 0 saturated carbocycles. The second kappa shape index (κ2) is 7.03. The van der Waals surface area contributed by atoms with Crippen LogP contribution in [0.1, 0.15) is 18.9 Å². The minimum Gasteiger partial charge on any atom is -0.461 e. The third-order valence-corrected chi connectivity index (χ3v) is 3.20. The lowest BCUT2D eigenvalue weighted by Gasteiger charge is -2.13. The molecule has 1 atom stereocenters. The Morgan fingerprint density at radius 2 is 2.30 bits per heavy atom. The van der Waals surface area contributed by atoms with Gasteiger partial charge in [-0.1, -0.05) is 16.8 Å². The van der Waals surface area contributed by atoms with Gasteiger partial charge in [-0.15, -0.1) is 0 Å². The Morgan fingerprint density at radius 1 is 1.57 bits per heavy atom. The van der Waals surface area contributed by atoms with Gasteiger partial charge in [0.15, 0.2) is 11.8 Å². The van der Waals surface area contributed by atoms with Crippen LogP contribution in [0.2, 0.25) is 5.02 Å². The molecule has 0 fully saturated rings. The summed E-state index contributed by atoms with van der Waals surface area (Å²) in [5.41, 5.74) is -0.775. The molecule has 0 unspecified atom stereocenters. The fourth-order valence-corrected chi connectivity index (χ4v) is 2.04. The Morgan fingerprint density at radius 3 is 2.91 bits per heavy atom. The van der Waals surface area contributed by atoms with Gasteiger partial charge in [-0.05, 0) is 13.0 Å². The predicted octanol–water partition coefficient (Wildman–Crippen LogP) is 2.87. The van der Waals surface area contributed by atoms with Gasteiger partial charge in [-0.3, -0.25) is 0 Å². The number of carbonyl (C=O) groups excluding carboxylic acids is 1. The molecule has 6 nitrogen and oxygen atoms in total. The van der Waals surface area contributed by atoms with Crippen LogP contribution in [0.5, 0.6) is 0 Å². The zero-order valence-corrected chi connectivity index (χ0v) is 12.7. The molecule has 0 bridgehead atoms. The van der Waals surface area contributed by atoms with Crippen LogP contribution in [0.15, 0.2) is 17.4 Å². The number of anilines is 1. The first-order valence-corrected chi connectivity index (χ1v) is 7.05. The smallest absolute Gasteiger partial charge is 0.417 e. The second-order valence-electron chi connectivity index (χ2n) is 4.62. The van der Waals surface area contributed by atoms with Crippen molar-refractivity contribution < 1.29 is 27.5 Å². The van der Waals surface area contributed by atoms with Crippen LogP contribution in [0.3, 0.4) is 0 Å². The average Bonchev–Trinajstić information content (AvgIpc) is 2.94. The minimum atomic E-state index is -4.51. The highest BCUT2D eigenvalue weighted by Crippen LogP contribution is 2.32. The number of nitrogens with one attached hydrogen (secondary N) is 1. The van der Waals surface area contributed by atoms with E-state index in [2.05, 4.69) is 15.5 Å². The van der Waals surface area contributed by atoms with Crippen LogP contribution < -0.4 is 5.32 Å². The number of hydrogen-bond acceptors (Lipinski definition) is 6. The van der Waals surface area contributed by atoms with Gasteiger partial charge in [0.25, 0.3) is 0 Å². The third-order valence-electron chi connectivity index (χ3n) is 2.91. The van der Waals surface area contributed by atoms with Gasteiger partial charge in [0.05, 0.1) is 23.7 Å². The van der Waals surface area contributed by atoms with E-state index in [9.17, 15) is 18.0 Å². The SMILES string of the molecule is CCOC(=O)C1=NO[C@@H](CNc2ncc(C(F)(F)F)cc2Cl)C1. The van der Waals surface area contributed by atoms with Crippen LogP contribution in [-0.4, -0.2) is 35.9 Å². The zero-order chi connectivity index (χ0) is 17.0. The first-order valence-electron chi connectivity index (χ1n) is 6.67. The van der Waals surface area contributed by atoms with Crippen molar-refractivity contribution >= 4 is 29.1 Å². The van der Waals surface area contributed by atoms with Crippen molar-refractivity contribution in [1.82, 2.24) is 4.98 Å². The van der Waals surface area contributed by atoms with Crippen molar-refractivity contribution in [2.45, 2.75) is 25.6 Å². The monoisotopic (exact) mass is 351 g/mol. The lowest BCUT2D eigenvalue weighted by atomic mass is 10.2. The van der Waals surface area contributed by atoms with E-state index in [1.54, 1.807) is 6.92 Å². The van der Waals surface area contributed by atoms with Gasteiger partial charge >= 0.3 is 12.1 Å². The number of esters is 1. The van der Waals surface area contributed by atoms with E-state index in [4.69, 9.17) is 21.2 Å². The lowest BCUT2D eigenvalue weighted by molar-refractivity contribution is -0.138. The number of pyridine rings is 1. The van der Waals surface area contributed by atoms with Gasteiger partial charge in [-0.2, -0.15) is 13.2 Å². The summed E-state index contributed by atoms with van der Waals surface area (Å²) in [5, 5.41) is 6.22. The van der Waals surface area contributed by atoms with Gasteiger partial charge in [-0.25, -0.2) is 9.78 Å². The molecule has 0 aliphatic carbocycles. The standard InChI is InChI=1S/C13H13ClF3N3O3/c1-2-22-12(21)10-4-8(23-20-10)6-19-11-9(14)3-7(5-18-11)13(15,16)17/h3,5,8H,2,4,6H2,1H3,(H,18,19)/t8-/m1/s1. The summed E-state index contributed by atoms with van der Waals surface area (Å²) in [7, 11) is 0. The fourth-order valence-electron chi connectivity index (χ4n) is 1.81. The number of hydrogen-bond donors (Lipinski definition) is 1. The quantitative estimate of drug-likeness (QED) is 0.826. The van der Waals surface area contributed by atoms with Crippen molar-refractivity contribution in [3.63, 3.8) is 0 Å². The maximum absolute atomic E-state index is 12.5. The first kappa shape index (κ1) is 17.3. The van der Waals surface area contributed by atoms with E-state index in [1.807, 2.05) is 0 Å². The topological polar surface area (TPSA) is 72.8 Å². The molecule has 1 aromatic heterocycles. The molecule has 1 N–H and O–H groups in total. The van der Waals surface area contributed by atoms with Gasteiger partial charge in [0.2, 0.25) is 0 Å². The van der Waals surface area contributed by atoms with Crippen molar-refractivity contribution in [3.8, 4) is 0 Å². The summed E-state index contributed by atoms with van der Waals surface area (Å²) in [4.78, 5) is 20.1. The second-order valence-corrected chi connectivity index (χ2v) is 5.03. The molecule has 0 saturated heterocycles. The van der Waals surface area contributed by atoms with Crippen LogP contribution in [-0.2, 0) is 20.5 Å². The Balaban J connectivity index is 1.89. The van der Waals surface area contributed by atoms with Crippen LogP contribution in [0.4, 0.5) is 19.0 Å². The number of nitrogens with zero attached hydrogens (tertiary/aromatic N) is 2. The molecule has 2 heterocycles. The Kier molecular flexibility index (Phi) is 5.30. The molecule has 1 aliphatic heterocycles. The summed E-state index contributed by atoms with van der Waals surface area (Å²) in [6, 6.07) is 0.785. The maximum atomic E-state index is 12.5. The number of rotatable bonds is 5. The van der Waals surface area contributed by atoms with Crippen molar-refractivity contribution in [1.29, 1.82) is 0 Å². The van der Waals surface area contributed by atoms with E-state index >= 15 is 0 Å². The molecule has 0 radical (unpaired) electrons. The lowest BCUT2D eigenvalue weighted by Crippen LogP contribution is -2.23. The number of halogens is 4. The molecule has 2 rings (SSSR count). The van der Waals surface area contributed by atoms with Crippen LogP contribution in [0, 0.1) is 0 Å². The summed E-state index contributed by atoms with van der Waals surface area (Å²) in [5.74, 6) is -0.464. The molecule has 23 heavy (non-hydrogen) atoms. The van der Waals surface area contributed by atoms with E-state index in [1.165, 1.54) is 0 Å². The Hall–Kier alpha value is -2.03. The fraction of sp³-hybridized carbons (Fsp3) is 0.462. The van der Waals surface area contributed by atoms with Gasteiger partial charge in [0, 0.05) is 12.6 Å². The molecular weight excluding hydrogens is 339 g/mol. The number of aromatic nitrogens is 1. The number of oxime groups is 1. The van der Waals surface area contributed by atoms with Crippen molar-refractivity contribution in [2.24, 2.45) is 5.16 Å². The molecule has 0 spiro atoms. The number of ether oxygens (including phenoxy) is 1. The normalized spacial score (nSPS) is 17.4. The average molecular weight is 352 g/mol. The van der Waals surface area contributed by atoms with E-state index in [-0.39, 0.29) is 36.1 Å². The van der Waals surface area contributed by atoms with Crippen LogP contribution >= 0.6 is 11.6 Å². The minimum absolute atomic E-state index is 0.0906. The molecule has 0 amide bonds. The summed E-state index contributed by atoms with van der Waals surface area (Å²) in [6.07, 6.45) is -4.06. The molecule has 0 aromatic carbocycles. The first-order chi connectivity index (χ1) is 10.8. The highest BCUT2D eigenvalue weighted by molar-refractivity contribution is 6.36. The highest BCUT2D eigenvalue weighted by Gasteiger charge is 2.32. The highest BCUT2D eigenvalue weighted by atomic mass is 35.5. The molecule has 1 aliphatic rings. The van der Waals surface area contributed by atoms with Crippen molar-refractivity contribution in [2.75, 3.05) is 18.5 Å². The molecule has 126 valence electrons. The maximum Gasteiger partial charge on any atom is 0.417 e. The number of alkyl halides is 3. The molecule has 10 heteroatoms. The molecular formula is C13H13ClF3N3O3. The van der Waals surface area contributed by atoms with E-state index < -0.39 is 23.8 Å². The van der Waals surface area contributed by atoms with Gasteiger partial charge in [0.1, 0.15) is 5.82 Å². The summed E-state index contributed by atoms with van der Waals surface area (Å²) >= 11 is 5.77. The zero-order valence-electron chi connectivity index (χ0n) is 12.0. The van der Waals surface area contributed by atoms with Crippen LogP contribution in [0.25, 0.3) is 0 Å². The largest absolute Gasteiger partial charge is 0.461 e. The van der Waals surface area contributed by atoms with Crippen molar-refractivity contribution in [3.05, 3.63) is 22.8 Å². The summed E-state index contributed by atoms with van der Waals surface area (Å²) < 4.78 is 42.3. The predicted molar refractivity (Wildman–Crippen MR) is 76.3 cm³/mol. The van der Waals surface area contributed by atoms with E-state index in [0.29, 0.717) is 6.20 Å². The number of carbonyl (C=O) groups is 1. The summed E-state index contributed by atoms with van der Waals surface area (Å²) in [6.45, 7) is 2.07. The molecule has 1 aromatic rings. The van der Waals surface area contributed by atoms with Gasteiger partial charge < -0.3 is 14.9 Å².